The molecule has 0 aromatic heterocycles. The fourth-order valence-corrected chi connectivity index (χ4v) is 3.06. The van der Waals surface area contributed by atoms with Crippen molar-refractivity contribution >= 4 is 0 Å². The van der Waals surface area contributed by atoms with Crippen LogP contribution in [0.3, 0.4) is 0 Å². The fraction of sp³-hybridized carbons (Fsp3) is 0.600. The van der Waals surface area contributed by atoms with Crippen LogP contribution in [-0.4, -0.2) is 19.2 Å². The molecule has 19 heavy (non-hydrogen) atoms. The molecule has 2 rings (SSSR count). The summed E-state index contributed by atoms with van der Waals surface area (Å²) in [6, 6.07) is 3.50. The molecule has 1 saturated carbocycles. The maximum absolute atomic E-state index is 13.2. The summed E-state index contributed by atoms with van der Waals surface area (Å²) >= 11 is 0. The zero-order valence-electron chi connectivity index (χ0n) is 11.7. The first kappa shape index (κ1) is 14.3. The van der Waals surface area contributed by atoms with Crippen molar-refractivity contribution in [1.82, 2.24) is 5.32 Å². The first-order valence-corrected chi connectivity index (χ1v) is 6.72. The number of rotatable bonds is 3. The molecule has 1 fully saturated rings. The van der Waals surface area contributed by atoms with E-state index in [2.05, 4.69) is 19.2 Å². The predicted octanol–water partition coefficient (Wildman–Crippen LogP) is 3.51. The first-order chi connectivity index (χ1) is 8.92. The van der Waals surface area contributed by atoms with Crippen LogP contribution in [0.5, 0.6) is 5.75 Å². The largest absolute Gasteiger partial charge is 0.489 e. The van der Waals surface area contributed by atoms with Crippen molar-refractivity contribution in [3.63, 3.8) is 0 Å². The first-order valence-electron chi connectivity index (χ1n) is 6.72. The Hall–Kier alpha value is -1.16. The van der Waals surface area contributed by atoms with E-state index in [9.17, 15) is 8.78 Å². The highest BCUT2D eigenvalue weighted by atomic mass is 19.1. The molecule has 1 aliphatic carbocycles. The van der Waals surface area contributed by atoms with Crippen molar-refractivity contribution in [1.29, 1.82) is 0 Å². The number of ether oxygens (including phenoxy) is 1. The van der Waals surface area contributed by atoms with Gasteiger partial charge in [-0.25, -0.2) is 8.78 Å². The maximum atomic E-state index is 13.2. The molecule has 0 saturated heterocycles. The van der Waals surface area contributed by atoms with Gasteiger partial charge in [-0.3, -0.25) is 0 Å². The van der Waals surface area contributed by atoms with E-state index in [0.717, 1.165) is 25.3 Å². The molecule has 0 heterocycles. The smallest absolute Gasteiger partial charge is 0.129 e. The molecule has 0 bridgehead atoms. The minimum absolute atomic E-state index is 0.0602. The third kappa shape index (κ3) is 3.24. The Labute approximate surface area is 113 Å². The Morgan fingerprint density at radius 3 is 2.42 bits per heavy atom. The summed E-state index contributed by atoms with van der Waals surface area (Å²) in [5.74, 6) is -0.947. The van der Waals surface area contributed by atoms with Gasteiger partial charge < -0.3 is 10.1 Å². The molecule has 0 spiro atoms. The van der Waals surface area contributed by atoms with E-state index in [-0.39, 0.29) is 23.3 Å². The van der Waals surface area contributed by atoms with E-state index in [1.54, 1.807) is 0 Å². The lowest BCUT2D eigenvalue weighted by Crippen LogP contribution is -2.53. The summed E-state index contributed by atoms with van der Waals surface area (Å²) in [6.45, 7) is 4.38. The zero-order chi connectivity index (χ0) is 14.0. The summed E-state index contributed by atoms with van der Waals surface area (Å²) in [7, 11) is 1.90. The topological polar surface area (TPSA) is 21.3 Å². The summed E-state index contributed by atoms with van der Waals surface area (Å²) in [6.07, 6.45) is 3.02. The predicted molar refractivity (Wildman–Crippen MR) is 71.3 cm³/mol. The minimum Gasteiger partial charge on any atom is -0.489 e. The molecule has 1 aromatic carbocycles. The summed E-state index contributed by atoms with van der Waals surface area (Å²) in [5, 5.41) is 3.28. The van der Waals surface area contributed by atoms with Gasteiger partial charge in [0.15, 0.2) is 0 Å². The highest BCUT2D eigenvalue weighted by Crippen LogP contribution is 2.37. The van der Waals surface area contributed by atoms with Crippen molar-refractivity contribution in [3.8, 4) is 5.75 Å². The summed E-state index contributed by atoms with van der Waals surface area (Å²) in [5.41, 5.74) is 0.115. The SMILES string of the molecule is CNC1C(Oc2cc(F)cc(F)c2)CCCC1(C)C. The van der Waals surface area contributed by atoms with Gasteiger partial charge in [-0.1, -0.05) is 13.8 Å². The second-order valence-corrected chi connectivity index (χ2v) is 5.91. The molecule has 2 unspecified atom stereocenters. The second kappa shape index (κ2) is 5.45. The molecule has 4 heteroatoms. The van der Waals surface area contributed by atoms with Crippen LogP contribution in [0.2, 0.25) is 0 Å². The lowest BCUT2D eigenvalue weighted by atomic mass is 9.72. The fourth-order valence-electron chi connectivity index (χ4n) is 3.06. The van der Waals surface area contributed by atoms with E-state index >= 15 is 0 Å². The number of hydrogen-bond acceptors (Lipinski definition) is 2. The van der Waals surface area contributed by atoms with Gasteiger partial charge in [0.25, 0.3) is 0 Å². The minimum atomic E-state index is -0.605. The molecule has 0 amide bonds. The third-order valence-electron chi connectivity index (χ3n) is 3.96. The van der Waals surface area contributed by atoms with Gasteiger partial charge in [0.2, 0.25) is 0 Å². The second-order valence-electron chi connectivity index (χ2n) is 5.91. The van der Waals surface area contributed by atoms with Crippen LogP contribution in [0.15, 0.2) is 18.2 Å². The Morgan fingerprint density at radius 2 is 1.84 bits per heavy atom. The van der Waals surface area contributed by atoms with Crippen LogP contribution in [0.1, 0.15) is 33.1 Å². The number of benzene rings is 1. The molecular formula is C15H21F2NO. The van der Waals surface area contributed by atoms with Crippen molar-refractivity contribution in [2.75, 3.05) is 7.05 Å². The molecule has 1 aliphatic rings. The average molecular weight is 269 g/mol. The molecule has 0 aliphatic heterocycles. The average Bonchev–Trinajstić information content (AvgIpc) is 2.26. The van der Waals surface area contributed by atoms with E-state index in [4.69, 9.17) is 4.74 Å². The third-order valence-corrected chi connectivity index (χ3v) is 3.96. The molecule has 2 nitrogen and oxygen atoms in total. The van der Waals surface area contributed by atoms with Gasteiger partial charge >= 0.3 is 0 Å². The van der Waals surface area contributed by atoms with Crippen LogP contribution in [-0.2, 0) is 0 Å². The zero-order valence-corrected chi connectivity index (χ0v) is 11.7. The Balaban J connectivity index is 2.16. The number of nitrogens with one attached hydrogen (secondary N) is 1. The quantitative estimate of drug-likeness (QED) is 0.906. The van der Waals surface area contributed by atoms with Gasteiger partial charge in [-0.15, -0.1) is 0 Å². The van der Waals surface area contributed by atoms with Crippen LogP contribution in [0.4, 0.5) is 8.78 Å². The standard InChI is InChI=1S/C15H21F2NO/c1-15(2)6-4-5-13(14(15)18-3)19-12-8-10(16)7-11(17)9-12/h7-9,13-14,18H,4-6H2,1-3H3. The highest BCUT2D eigenvalue weighted by Gasteiger charge is 2.39. The van der Waals surface area contributed by atoms with E-state index in [1.807, 2.05) is 7.05 Å². The van der Waals surface area contributed by atoms with Crippen LogP contribution < -0.4 is 10.1 Å². The van der Waals surface area contributed by atoms with Crippen LogP contribution in [0.25, 0.3) is 0 Å². The van der Waals surface area contributed by atoms with Crippen molar-refractivity contribution in [3.05, 3.63) is 29.8 Å². The summed E-state index contributed by atoms with van der Waals surface area (Å²) < 4.78 is 32.2. The van der Waals surface area contributed by atoms with Crippen molar-refractivity contribution in [2.45, 2.75) is 45.3 Å². The lowest BCUT2D eigenvalue weighted by molar-refractivity contribution is 0.0400. The van der Waals surface area contributed by atoms with E-state index < -0.39 is 11.6 Å². The van der Waals surface area contributed by atoms with Crippen molar-refractivity contribution < 1.29 is 13.5 Å². The monoisotopic (exact) mass is 269 g/mol. The van der Waals surface area contributed by atoms with Gasteiger partial charge in [-0.2, -0.15) is 0 Å². The van der Waals surface area contributed by atoms with Gasteiger partial charge in [-0.05, 0) is 31.7 Å². The number of likely N-dealkylation sites (N-methyl/N-ethyl adjacent to an activating group) is 1. The molecular weight excluding hydrogens is 248 g/mol. The molecule has 1 N–H and O–H groups in total. The number of halogens is 2. The van der Waals surface area contributed by atoms with Gasteiger partial charge in [0, 0.05) is 24.2 Å². The highest BCUT2D eigenvalue weighted by molar-refractivity contribution is 5.24. The Bertz CT molecular complexity index is 428. The van der Waals surface area contributed by atoms with Crippen molar-refractivity contribution in [2.24, 2.45) is 5.41 Å². The number of hydrogen-bond donors (Lipinski definition) is 1. The van der Waals surface area contributed by atoms with Crippen LogP contribution >= 0.6 is 0 Å². The van der Waals surface area contributed by atoms with Crippen LogP contribution in [0, 0.1) is 17.0 Å². The van der Waals surface area contributed by atoms with Gasteiger partial charge in [0.05, 0.1) is 0 Å². The maximum Gasteiger partial charge on any atom is 0.129 e. The van der Waals surface area contributed by atoms with E-state index in [1.165, 1.54) is 12.1 Å². The Kier molecular flexibility index (Phi) is 4.09. The molecule has 2 atom stereocenters. The molecule has 1 aromatic rings. The Morgan fingerprint density at radius 1 is 1.21 bits per heavy atom. The molecule has 106 valence electrons. The molecule has 0 radical (unpaired) electrons. The normalized spacial score (nSPS) is 26.2. The van der Waals surface area contributed by atoms with E-state index in [0.29, 0.717) is 0 Å². The van der Waals surface area contributed by atoms with Gasteiger partial charge in [0.1, 0.15) is 23.5 Å². The summed E-state index contributed by atoms with van der Waals surface area (Å²) in [4.78, 5) is 0. The lowest BCUT2D eigenvalue weighted by Gasteiger charge is -2.43.